The van der Waals surface area contributed by atoms with E-state index < -0.39 is 0 Å². The molecule has 0 aliphatic heterocycles. The lowest BCUT2D eigenvalue weighted by atomic mass is 10.2. The van der Waals surface area contributed by atoms with Crippen molar-refractivity contribution in [3.8, 4) is 17.0 Å². The Kier molecular flexibility index (Phi) is 4.04. The minimum Gasteiger partial charge on any atom is -0.494 e. The highest BCUT2D eigenvalue weighted by molar-refractivity contribution is 6.36. The number of nitrogens with zero attached hydrogens (tertiary/aromatic N) is 2. The largest absolute Gasteiger partial charge is 0.494 e. The molecule has 0 saturated heterocycles. The maximum Gasteiger partial charge on any atom is 0.156 e. The molecule has 3 rings (SSSR count). The van der Waals surface area contributed by atoms with Gasteiger partial charge in [-0.2, -0.15) is 0 Å². The fourth-order valence-corrected chi connectivity index (χ4v) is 2.63. The van der Waals surface area contributed by atoms with Crippen molar-refractivity contribution in [2.75, 3.05) is 6.61 Å². The Morgan fingerprint density at radius 2 is 1.90 bits per heavy atom. The molecule has 0 spiro atoms. The van der Waals surface area contributed by atoms with Crippen molar-refractivity contribution in [1.29, 1.82) is 0 Å². The lowest BCUT2D eigenvalue weighted by molar-refractivity contribution is 0.317. The molecule has 2 heterocycles. The molecule has 21 heavy (non-hydrogen) atoms. The summed E-state index contributed by atoms with van der Waals surface area (Å²) in [5.41, 5.74) is 2.55. The van der Waals surface area contributed by atoms with Crippen LogP contribution in [0.5, 0.6) is 5.75 Å². The Balaban J connectivity index is 1.95. The standard InChI is InChI=1S/C16H14Cl2N2O/c1-2-7-21-13-5-3-11(4-6-13)15-10-20-9-12(17)8-14(18)16(20)19-15/h3-6,8-10H,2,7H2,1H3. The SMILES string of the molecule is CCCOc1ccc(-c2cn3cc(Cl)cc(Cl)c3n2)cc1. The number of benzene rings is 1. The van der Waals surface area contributed by atoms with Gasteiger partial charge >= 0.3 is 0 Å². The van der Waals surface area contributed by atoms with Crippen LogP contribution in [0, 0.1) is 0 Å². The molecule has 2 aromatic heterocycles. The van der Waals surface area contributed by atoms with Crippen molar-refractivity contribution in [2.45, 2.75) is 13.3 Å². The van der Waals surface area contributed by atoms with E-state index in [2.05, 4.69) is 11.9 Å². The summed E-state index contributed by atoms with van der Waals surface area (Å²) in [5, 5.41) is 1.12. The maximum atomic E-state index is 6.16. The first-order valence-electron chi connectivity index (χ1n) is 6.74. The molecule has 0 saturated carbocycles. The third-order valence-electron chi connectivity index (χ3n) is 3.10. The van der Waals surface area contributed by atoms with Crippen molar-refractivity contribution in [3.05, 3.63) is 52.8 Å². The first kappa shape index (κ1) is 14.2. The number of rotatable bonds is 4. The summed E-state index contributed by atoms with van der Waals surface area (Å²) in [4.78, 5) is 4.55. The van der Waals surface area contributed by atoms with Crippen LogP contribution in [0.4, 0.5) is 0 Å². The molecule has 0 amide bonds. The van der Waals surface area contributed by atoms with Gasteiger partial charge in [-0.25, -0.2) is 4.98 Å². The van der Waals surface area contributed by atoms with Crippen molar-refractivity contribution in [2.24, 2.45) is 0 Å². The Morgan fingerprint density at radius 1 is 1.14 bits per heavy atom. The lowest BCUT2D eigenvalue weighted by Gasteiger charge is -2.04. The van der Waals surface area contributed by atoms with Crippen LogP contribution in [0.3, 0.4) is 0 Å². The number of fused-ring (bicyclic) bond motifs is 1. The molecule has 0 bridgehead atoms. The first-order chi connectivity index (χ1) is 10.2. The number of halogens is 2. The van der Waals surface area contributed by atoms with Gasteiger partial charge in [0.2, 0.25) is 0 Å². The molecular formula is C16H14Cl2N2O. The molecule has 0 fully saturated rings. The molecule has 1 aromatic carbocycles. The van der Waals surface area contributed by atoms with Crippen molar-refractivity contribution in [3.63, 3.8) is 0 Å². The summed E-state index contributed by atoms with van der Waals surface area (Å²) >= 11 is 12.2. The van der Waals surface area contributed by atoms with Gasteiger partial charge in [0.25, 0.3) is 0 Å². The van der Waals surface area contributed by atoms with Crippen LogP contribution in [0.25, 0.3) is 16.9 Å². The third-order valence-corrected chi connectivity index (χ3v) is 3.58. The second kappa shape index (κ2) is 5.96. The van der Waals surface area contributed by atoms with Gasteiger partial charge in [-0.15, -0.1) is 0 Å². The molecule has 3 aromatic rings. The smallest absolute Gasteiger partial charge is 0.156 e. The van der Waals surface area contributed by atoms with E-state index in [1.807, 2.05) is 34.9 Å². The van der Waals surface area contributed by atoms with E-state index in [-0.39, 0.29) is 0 Å². The first-order valence-corrected chi connectivity index (χ1v) is 7.50. The number of imidazole rings is 1. The molecule has 0 unspecified atom stereocenters. The Morgan fingerprint density at radius 3 is 2.62 bits per heavy atom. The summed E-state index contributed by atoms with van der Waals surface area (Å²) < 4.78 is 7.41. The summed E-state index contributed by atoms with van der Waals surface area (Å²) in [5.74, 6) is 0.866. The second-order valence-electron chi connectivity index (χ2n) is 4.74. The van der Waals surface area contributed by atoms with Gasteiger partial charge in [-0.1, -0.05) is 30.1 Å². The highest BCUT2D eigenvalue weighted by Crippen LogP contribution is 2.27. The maximum absolute atomic E-state index is 6.16. The zero-order chi connectivity index (χ0) is 14.8. The highest BCUT2D eigenvalue weighted by atomic mass is 35.5. The zero-order valence-corrected chi connectivity index (χ0v) is 13.0. The van der Waals surface area contributed by atoms with Crippen LogP contribution in [-0.4, -0.2) is 16.0 Å². The molecule has 3 nitrogen and oxygen atoms in total. The highest BCUT2D eigenvalue weighted by Gasteiger charge is 2.08. The van der Waals surface area contributed by atoms with Gasteiger partial charge in [-0.3, -0.25) is 0 Å². The van der Waals surface area contributed by atoms with E-state index in [1.165, 1.54) is 0 Å². The Bertz CT molecular complexity index is 766. The molecule has 5 heteroatoms. The van der Waals surface area contributed by atoms with E-state index in [9.17, 15) is 0 Å². The quantitative estimate of drug-likeness (QED) is 0.668. The minimum atomic E-state index is 0.539. The molecule has 0 radical (unpaired) electrons. The third kappa shape index (κ3) is 2.99. The average molecular weight is 321 g/mol. The van der Waals surface area contributed by atoms with Crippen molar-refractivity contribution >= 4 is 28.8 Å². The van der Waals surface area contributed by atoms with Gasteiger partial charge in [-0.05, 0) is 36.8 Å². The number of aromatic nitrogens is 2. The van der Waals surface area contributed by atoms with E-state index >= 15 is 0 Å². The second-order valence-corrected chi connectivity index (χ2v) is 5.58. The van der Waals surface area contributed by atoms with Crippen molar-refractivity contribution in [1.82, 2.24) is 9.38 Å². The molecule has 108 valence electrons. The van der Waals surface area contributed by atoms with E-state index in [4.69, 9.17) is 27.9 Å². The Hall–Kier alpha value is -1.71. The minimum absolute atomic E-state index is 0.539. The van der Waals surface area contributed by atoms with Gasteiger partial charge in [0.1, 0.15) is 5.75 Å². The van der Waals surface area contributed by atoms with Gasteiger partial charge in [0, 0.05) is 18.0 Å². The number of hydrogen-bond donors (Lipinski definition) is 0. The molecule has 0 atom stereocenters. The topological polar surface area (TPSA) is 26.5 Å². The van der Waals surface area contributed by atoms with Crippen LogP contribution in [0.2, 0.25) is 10.0 Å². The number of ether oxygens (including phenoxy) is 1. The fraction of sp³-hybridized carbons (Fsp3) is 0.188. The molecule has 0 aliphatic rings. The average Bonchev–Trinajstić information content (AvgIpc) is 2.90. The van der Waals surface area contributed by atoms with Gasteiger partial charge < -0.3 is 9.14 Å². The predicted molar refractivity (Wildman–Crippen MR) is 86.4 cm³/mol. The molecular weight excluding hydrogens is 307 g/mol. The van der Waals surface area contributed by atoms with Crippen LogP contribution in [0.15, 0.2) is 42.7 Å². The Labute approximate surface area is 133 Å². The summed E-state index contributed by atoms with van der Waals surface area (Å²) in [6, 6.07) is 9.56. The normalized spacial score (nSPS) is 11.0. The van der Waals surface area contributed by atoms with E-state index in [0.717, 1.165) is 30.0 Å². The lowest BCUT2D eigenvalue weighted by Crippen LogP contribution is -1.94. The monoisotopic (exact) mass is 320 g/mol. The van der Waals surface area contributed by atoms with Crippen LogP contribution in [0.1, 0.15) is 13.3 Å². The summed E-state index contributed by atoms with van der Waals surface area (Å²) in [7, 11) is 0. The van der Waals surface area contributed by atoms with Crippen LogP contribution < -0.4 is 4.74 Å². The number of hydrogen-bond acceptors (Lipinski definition) is 2. The van der Waals surface area contributed by atoms with E-state index in [1.54, 1.807) is 12.3 Å². The van der Waals surface area contributed by atoms with Gasteiger partial charge in [0.15, 0.2) is 5.65 Å². The molecule has 0 aliphatic carbocycles. The summed E-state index contributed by atoms with van der Waals surface area (Å²) in [6.45, 7) is 2.81. The van der Waals surface area contributed by atoms with E-state index in [0.29, 0.717) is 15.7 Å². The zero-order valence-electron chi connectivity index (χ0n) is 11.5. The fourth-order valence-electron chi connectivity index (χ4n) is 2.11. The molecule has 0 N–H and O–H groups in total. The van der Waals surface area contributed by atoms with Crippen molar-refractivity contribution < 1.29 is 4.74 Å². The van der Waals surface area contributed by atoms with Crippen LogP contribution in [-0.2, 0) is 0 Å². The van der Waals surface area contributed by atoms with Crippen LogP contribution >= 0.6 is 23.2 Å². The summed E-state index contributed by atoms with van der Waals surface area (Å²) in [6.07, 6.45) is 4.69. The van der Waals surface area contributed by atoms with Gasteiger partial charge in [0.05, 0.1) is 22.3 Å². The number of pyridine rings is 1. The predicted octanol–water partition coefficient (Wildman–Crippen LogP) is 5.10.